The van der Waals surface area contributed by atoms with Gasteiger partial charge in [0.2, 0.25) is 0 Å². The lowest BCUT2D eigenvalue weighted by molar-refractivity contribution is 0.276. The molecule has 2 aromatic rings. The van der Waals surface area contributed by atoms with Crippen LogP contribution in [0.2, 0.25) is 0 Å². The number of hydrogen-bond donors (Lipinski definition) is 2. The number of nitrogens with two attached hydrogens (primary N) is 1. The Kier molecular flexibility index (Phi) is 4.42. The second-order valence-electron chi connectivity index (χ2n) is 4.62. The summed E-state index contributed by atoms with van der Waals surface area (Å²) in [7, 11) is 0. The highest BCUT2D eigenvalue weighted by atomic mass is 16.5. The van der Waals surface area contributed by atoms with E-state index in [1.807, 2.05) is 6.07 Å². The summed E-state index contributed by atoms with van der Waals surface area (Å²) in [5.41, 5.74) is 8.18. The SMILES string of the molecule is Cc1ccc(C(CN)COc2ccccc2O)cc1. The van der Waals surface area contributed by atoms with Crippen LogP contribution in [0.3, 0.4) is 0 Å². The van der Waals surface area contributed by atoms with Gasteiger partial charge in [0.25, 0.3) is 0 Å². The molecule has 0 bridgehead atoms. The van der Waals surface area contributed by atoms with Gasteiger partial charge in [0.15, 0.2) is 11.5 Å². The summed E-state index contributed by atoms with van der Waals surface area (Å²) in [4.78, 5) is 0. The van der Waals surface area contributed by atoms with E-state index in [9.17, 15) is 5.11 Å². The Labute approximate surface area is 113 Å². The van der Waals surface area contributed by atoms with Gasteiger partial charge in [-0.1, -0.05) is 42.0 Å². The third kappa shape index (κ3) is 3.48. The fraction of sp³-hybridized carbons (Fsp3) is 0.250. The van der Waals surface area contributed by atoms with Crippen molar-refractivity contribution in [2.75, 3.05) is 13.2 Å². The number of phenolic OH excluding ortho intramolecular Hbond substituents is 1. The topological polar surface area (TPSA) is 55.5 Å². The molecule has 0 spiro atoms. The summed E-state index contributed by atoms with van der Waals surface area (Å²) in [6.45, 7) is 3.02. The van der Waals surface area contributed by atoms with Gasteiger partial charge in [0, 0.05) is 12.5 Å². The highest BCUT2D eigenvalue weighted by molar-refractivity contribution is 5.38. The van der Waals surface area contributed by atoms with Crippen LogP contribution in [0.4, 0.5) is 0 Å². The Morgan fingerprint density at radius 1 is 1.11 bits per heavy atom. The van der Waals surface area contributed by atoms with Crippen LogP contribution < -0.4 is 10.5 Å². The maximum atomic E-state index is 9.65. The number of aryl methyl sites for hydroxylation is 1. The molecule has 0 aromatic heterocycles. The standard InChI is InChI=1S/C16H19NO2/c1-12-6-8-13(9-7-12)14(10-17)11-19-16-5-3-2-4-15(16)18/h2-9,14,18H,10-11,17H2,1H3. The molecule has 1 atom stereocenters. The monoisotopic (exact) mass is 257 g/mol. The van der Waals surface area contributed by atoms with Gasteiger partial charge in [-0.3, -0.25) is 0 Å². The van der Waals surface area contributed by atoms with E-state index >= 15 is 0 Å². The highest BCUT2D eigenvalue weighted by Gasteiger charge is 2.11. The summed E-state index contributed by atoms with van der Waals surface area (Å²) in [6, 6.07) is 15.2. The molecule has 3 nitrogen and oxygen atoms in total. The summed E-state index contributed by atoms with van der Waals surface area (Å²) < 4.78 is 5.64. The Balaban J connectivity index is 2.04. The number of hydrogen-bond acceptors (Lipinski definition) is 3. The van der Waals surface area contributed by atoms with Crippen molar-refractivity contribution < 1.29 is 9.84 Å². The molecule has 0 aliphatic rings. The molecular formula is C16H19NO2. The lowest BCUT2D eigenvalue weighted by atomic mass is 9.99. The van der Waals surface area contributed by atoms with Gasteiger partial charge in [0.05, 0.1) is 6.61 Å². The molecule has 3 heteroatoms. The second-order valence-corrected chi connectivity index (χ2v) is 4.62. The van der Waals surface area contributed by atoms with Crippen molar-refractivity contribution >= 4 is 0 Å². The van der Waals surface area contributed by atoms with Gasteiger partial charge in [-0.15, -0.1) is 0 Å². The van der Waals surface area contributed by atoms with E-state index in [2.05, 4.69) is 31.2 Å². The molecule has 2 rings (SSSR count). The van der Waals surface area contributed by atoms with Crippen molar-refractivity contribution in [3.63, 3.8) is 0 Å². The van der Waals surface area contributed by atoms with E-state index in [1.165, 1.54) is 5.56 Å². The smallest absolute Gasteiger partial charge is 0.160 e. The molecule has 2 aromatic carbocycles. The van der Waals surface area contributed by atoms with Crippen LogP contribution in [0.1, 0.15) is 17.0 Å². The fourth-order valence-electron chi connectivity index (χ4n) is 1.91. The number of rotatable bonds is 5. The van der Waals surface area contributed by atoms with Crippen LogP contribution >= 0.6 is 0 Å². The first kappa shape index (κ1) is 13.4. The van der Waals surface area contributed by atoms with Gasteiger partial charge in [0.1, 0.15) is 0 Å². The van der Waals surface area contributed by atoms with Crippen molar-refractivity contribution in [1.82, 2.24) is 0 Å². The van der Waals surface area contributed by atoms with Crippen LogP contribution in [0.15, 0.2) is 48.5 Å². The Morgan fingerprint density at radius 3 is 2.42 bits per heavy atom. The molecule has 0 saturated carbocycles. The van der Waals surface area contributed by atoms with Gasteiger partial charge in [-0.05, 0) is 24.6 Å². The van der Waals surface area contributed by atoms with Crippen molar-refractivity contribution in [1.29, 1.82) is 0 Å². The van der Waals surface area contributed by atoms with Crippen LogP contribution in [-0.4, -0.2) is 18.3 Å². The van der Waals surface area contributed by atoms with Gasteiger partial charge >= 0.3 is 0 Å². The lowest BCUT2D eigenvalue weighted by Gasteiger charge is -2.17. The number of phenols is 1. The zero-order chi connectivity index (χ0) is 13.7. The van der Waals surface area contributed by atoms with Crippen molar-refractivity contribution in [3.05, 3.63) is 59.7 Å². The van der Waals surface area contributed by atoms with Gasteiger partial charge in [-0.2, -0.15) is 0 Å². The summed E-state index contributed by atoms with van der Waals surface area (Å²) in [5, 5.41) is 9.65. The van der Waals surface area contributed by atoms with Crippen LogP contribution in [0.5, 0.6) is 11.5 Å². The first-order valence-electron chi connectivity index (χ1n) is 6.38. The highest BCUT2D eigenvalue weighted by Crippen LogP contribution is 2.26. The van der Waals surface area contributed by atoms with Crippen molar-refractivity contribution in [2.45, 2.75) is 12.8 Å². The number of ether oxygens (including phenoxy) is 1. The van der Waals surface area contributed by atoms with Crippen molar-refractivity contribution in [2.24, 2.45) is 5.73 Å². The molecule has 0 fully saturated rings. The van der Waals surface area contributed by atoms with E-state index in [0.717, 1.165) is 5.56 Å². The van der Waals surface area contributed by atoms with Crippen molar-refractivity contribution in [3.8, 4) is 11.5 Å². The van der Waals surface area contributed by atoms with E-state index < -0.39 is 0 Å². The normalized spacial score (nSPS) is 12.1. The Morgan fingerprint density at radius 2 is 1.79 bits per heavy atom. The Bertz CT molecular complexity index is 523. The zero-order valence-electron chi connectivity index (χ0n) is 11.0. The average molecular weight is 257 g/mol. The quantitative estimate of drug-likeness (QED) is 0.866. The van der Waals surface area contributed by atoms with Crippen LogP contribution in [0.25, 0.3) is 0 Å². The molecule has 100 valence electrons. The maximum absolute atomic E-state index is 9.65. The zero-order valence-corrected chi connectivity index (χ0v) is 11.0. The first-order chi connectivity index (χ1) is 9.20. The molecule has 0 radical (unpaired) electrons. The third-order valence-corrected chi connectivity index (χ3v) is 3.14. The first-order valence-corrected chi connectivity index (χ1v) is 6.38. The molecular weight excluding hydrogens is 238 g/mol. The predicted molar refractivity (Wildman–Crippen MR) is 76.6 cm³/mol. The second kappa shape index (κ2) is 6.25. The van der Waals surface area contributed by atoms with Crippen LogP contribution in [0, 0.1) is 6.92 Å². The van der Waals surface area contributed by atoms with Gasteiger partial charge in [-0.25, -0.2) is 0 Å². The van der Waals surface area contributed by atoms with E-state index in [1.54, 1.807) is 18.2 Å². The molecule has 0 aliphatic carbocycles. The van der Waals surface area contributed by atoms with Crippen LogP contribution in [-0.2, 0) is 0 Å². The molecule has 0 heterocycles. The van der Waals surface area contributed by atoms with Gasteiger partial charge < -0.3 is 15.6 Å². The lowest BCUT2D eigenvalue weighted by Crippen LogP contribution is -2.19. The maximum Gasteiger partial charge on any atom is 0.160 e. The fourth-order valence-corrected chi connectivity index (χ4v) is 1.91. The van der Waals surface area contributed by atoms with E-state index in [0.29, 0.717) is 18.9 Å². The molecule has 0 amide bonds. The largest absolute Gasteiger partial charge is 0.504 e. The molecule has 1 unspecified atom stereocenters. The minimum Gasteiger partial charge on any atom is -0.504 e. The molecule has 3 N–H and O–H groups in total. The molecule has 0 saturated heterocycles. The molecule has 19 heavy (non-hydrogen) atoms. The Hall–Kier alpha value is -2.00. The van der Waals surface area contributed by atoms with E-state index in [-0.39, 0.29) is 11.7 Å². The average Bonchev–Trinajstić information content (AvgIpc) is 2.43. The number of aromatic hydroxyl groups is 1. The number of benzene rings is 2. The minimum absolute atomic E-state index is 0.125. The minimum atomic E-state index is 0.125. The third-order valence-electron chi connectivity index (χ3n) is 3.14. The summed E-state index contributed by atoms with van der Waals surface area (Å²) in [5.74, 6) is 0.774. The summed E-state index contributed by atoms with van der Waals surface area (Å²) >= 11 is 0. The summed E-state index contributed by atoms with van der Waals surface area (Å²) in [6.07, 6.45) is 0. The number of para-hydroxylation sites is 2. The molecule has 0 aliphatic heterocycles. The van der Waals surface area contributed by atoms with E-state index in [4.69, 9.17) is 10.5 Å². The predicted octanol–water partition coefficient (Wildman–Crippen LogP) is 2.82.